The second-order valence-electron chi connectivity index (χ2n) is 10.6. The van der Waals surface area contributed by atoms with E-state index in [4.69, 9.17) is 9.84 Å². The largest absolute Gasteiger partial charge is 0.488 e. The quantitative estimate of drug-likeness (QED) is 0.456. The molecule has 0 radical (unpaired) electrons. The Labute approximate surface area is 211 Å². The highest BCUT2D eigenvalue weighted by molar-refractivity contribution is 5.92. The van der Waals surface area contributed by atoms with Crippen molar-refractivity contribution in [3.05, 3.63) is 34.9 Å². The smallest absolute Gasteiger partial charge is 0.271 e. The van der Waals surface area contributed by atoms with E-state index in [-0.39, 0.29) is 30.7 Å². The van der Waals surface area contributed by atoms with Crippen LogP contribution in [0.15, 0.2) is 29.3 Å². The van der Waals surface area contributed by atoms with E-state index in [0.717, 1.165) is 38.5 Å². The molecule has 2 saturated carbocycles. The number of amides is 1. The van der Waals surface area contributed by atoms with E-state index in [1.165, 1.54) is 21.9 Å². The van der Waals surface area contributed by atoms with Gasteiger partial charge >= 0.3 is 0 Å². The topological polar surface area (TPSA) is 132 Å². The Morgan fingerprint density at radius 3 is 2.58 bits per heavy atom. The number of carbonyl (C=O) groups excluding carboxylic acids is 1. The second kappa shape index (κ2) is 12.0. The molecular weight excluding hydrogens is 462 g/mol. The van der Waals surface area contributed by atoms with E-state index < -0.39 is 12.1 Å². The van der Waals surface area contributed by atoms with E-state index in [9.17, 15) is 14.7 Å². The molecule has 0 aromatic carbocycles. The van der Waals surface area contributed by atoms with Gasteiger partial charge in [-0.15, -0.1) is 0 Å². The predicted molar refractivity (Wildman–Crippen MR) is 135 cm³/mol. The summed E-state index contributed by atoms with van der Waals surface area (Å²) in [6, 6.07) is 2.30. The molecule has 36 heavy (non-hydrogen) atoms. The third-order valence-corrected chi connectivity index (χ3v) is 7.64. The fourth-order valence-corrected chi connectivity index (χ4v) is 5.63. The van der Waals surface area contributed by atoms with Crippen molar-refractivity contribution >= 4 is 11.7 Å². The number of nitrogens with one attached hydrogen (secondary N) is 1. The van der Waals surface area contributed by atoms with Crippen molar-refractivity contribution in [1.29, 1.82) is 0 Å². The van der Waals surface area contributed by atoms with Crippen molar-refractivity contribution < 1.29 is 19.7 Å². The molecule has 10 heteroatoms. The highest BCUT2D eigenvalue weighted by Crippen LogP contribution is 2.33. The van der Waals surface area contributed by atoms with Crippen LogP contribution >= 0.6 is 0 Å². The van der Waals surface area contributed by atoms with E-state index >= 15 is 0 Å². The highest BCUT2D eigenvalue weighted by atomic mass is 16.5. The molecule has 10 nitrogen and oxygen atoms in total. The number of anilines is 1. The van der Waals surface area contributed by atoms with E-state index in [1.807, 2.05) is 0 Å². The first-order valence-corrected chi connectivity index (χ1v) is 13.2. The molecular formula is C26H39N5O5. The normalized spacial score (nSPS) is 24.4. The number of rotatable bonds is 10. The van der Waals surface area contributed by atoms with Gasteiger partial charge in [0, 0.05) is 18.3 Å². The molecule has 3 unspecified atom stereocenters. The zero-order valence-electron chi connectivity index (χ0n) is 21.3. The van der Waals surface area contributed by atoms with Gasteiger partial charge in [-0.25, -0.2) is 4.68 Å². The van der Waals surface area contributed by atoms with Crippen molar-refractivity contribution in [2.24, 2.45) is 17.8 Å². The first kappa shape index (κ1) is 26.3. The maximum atomic E-state index is 13.3. The van der Waals surface area contributed by atoms with Gasteiger partial charge in [0.15, 0.2) is 5.82 Å². The SMILES string of the molecule is CC1CCCC(C)C1Oc1cnn(C(CC2CCCC2)C(=O)Nc2ccn(C[C@@H](O)CO)n2)c(=O)c1. The number of aromatic nitrogens is 4. The average Bonchev–Trinajstić information content (AvgIpc) is 3.52. The molecule has 0 aliphatic heterocycles. The number of carbonyl (C=O) groups is 1. The summed E-state index contributed by atoms with van der Waals surface area (Å²) in [5.41, 5.74) is -0.363. The maximum absolute atomic E-state index is 13.3. The van der Waals surface area contributed by atoms with Gasteiger partial charge in [0.25, 0.3) is 11.5 Å². The molecule has 2 aliphatic rings. The van der Waals surface area contributed by atoms with Crippen molar-refractivity contribution in [2.45, 2.75) is 90.0 Å². The van der Waals surface area contributed by atoms with Gasteiger partial charge in [-0.2, -0.15) is 10.2 Å². The van der Waals surface area contributed by atoms with Gasteiger partial charge in [0.05, 0.1) is 25.5 Å². The first-order valence-electron chi connectivity index (χ1n) is 13.2. The van der Waals surface area contributed by atoms with E-state index in [0.29, 0.717) is 35.7 Å². The molecule has 2 fully saturated rings. The zero-order valence-corrected chi connectivity index (χ0v) is 21.3. The minimum atomic E-state index is -0.938. The van der Waals surface area contributed by atoms with Crippen LogP contribution in [0.2, 0.25) is 0 Å². The van der Waals surface area contributed by atoms with Crippen molar-refractivity contribution in [2.75, 3.05) is 11.9 Å². The monoisotopic (exact) mass is 501 g/mol. The number of nitrogens with zero attached hydrogens (tertiary/aromatic N) is 4. The van der Waals surface area contributed by atoms with Gasteiger partial charge in [-0.3, -0.25) is 14.3 Å². The van der Waals surface area contributed by atoms with Gasteiger partial charge < -0.3 is 20.3 Å². The molecule has 4 rings (SSSR count). The lowest BCUT2D eigenvalue weighted by Crippen LogP contribution is -2.37. The minimum Gasteiger partial charge on any atom is -0.488 e. The molecule has 2 aromatic rings. The Balaban J connectivity index is 1.51. The average molecular weight is 502 g/mol. The van der Waals surface area contributed by atoms with E-state index in [2.05, 4.69) is 29.4 Å². The molecule has 198 valence electrons. The summed E-state index contributed by atoms with van der Waals surface area (Å²) < 4.78 is 8.92. The van der Waals surface area contributed by atoms with Crippen LogP contribution in [0.1, 0.15) is 71.3 Å². The molecule has 0 saturated heterocycles. The summed E-state index contributed by atoms with van der Waals surface area (Å²) in [5, 5.41) is 30.1. The molecule has 3 N–H and O–H groups in total. The first-order chi connectivity index (χ1) is 17.3. The molecule has 4 atom stereocenters. The molecule has 2 aromatic heterocycles. The third kappa shape index (κ3) is 6.53. The number of ether oxygens (including phenoxy) is 1. The van der Waals surface area contributed by atoms with E-state index in [1.54, 1.807) is 18.5 Å². The second-order valence-corrected chi connectivity index (χ2v) is 10.6. The van der Waals surface area contributed by atoms with Crippen molar-refractivity contribution in [3.8, 4) is 5.75 Å². The Kier molecular flexibility index (Phi) is 8.79. The summed E-state index contributed by atoms with van der Waals surface area (Å²) in [6.45, 7) is 4.10. The molecule has 0 spiro atoms. The highest BCUT2D eigenvalue weighted by Gasteiger charge is 2.31. The fourth-order valence-electron chi connectivity index (χ4n) is 5.63. The standard InChI is InChI=1S/C26H39N5O5/c1-17-6-5-7-18(2)25(17)36-21-13-24(34)31(27-14-21)22(12-19-8-3-4-9-19)26(35)28-23-10-11-30(29-23)15-20(33)16-32/h10-11,13-14,17-20,22,25,32-33H,3-9,12,15-16H2,1-2H3,(H,28,29,35)/t17?,18?,20-,22?,25?/m1/s1. The lowest BCUT2D eigenvalue weighted by atomic mass is 9.80. The Morgan fingerprint density at radius 1 is 1.19 bits per heavy atom. The van der Waals surface area contributed by atoms with Gasteiger partial charge in [0.2, 0.25) is 0 Å². The third-order valence-electron chi connectivity index (χ3n) is 7.64. The minimum absolute atomic E-state index is 0.0489. The van der Waals surface area contributed by atoms with Crippen LogP contribution in [-0.2, 0) is 11.3 Å². The predicted octanol–water partition coefficient (Wildman–Crippen LogP) is 2.76. The molecule has 2 aliphatic carbocycles. The Bertz CT molecular complexity index is 1050. The summed E-state index contributed by atoms with van der Waals surface area (Å²) in [6.07, 6.45) is 10.5. The van der Waals surface area contributed by atoms with Crippen LogP contribution in [-0.4, -0.2) is 54.5 Å². The lowest BCUT2D eigenvalue weighted by molar-refractivity contribution is -0.120. The molecule has 2 heterocycles. The van der Waals surface area contributed by atoms with Gasteiger partial charge in [-0.05, 0) is 37.0 Å². The maximum Gasteiger partial charge on any atom is 0.271 e. The van der Waals surface area contributed by atoms with Crippen LogP contribution in [0, 0.1) is 17.8 Å². The Hall–Kier alpha value is -2.72. The number of aliphatic hydroxyl groups excluding tert-OH is 2. The fraction of sp³-hybridized carbons (Fsp3) is 0.692. The van der Waals surface area contributed by atoms with Crippen molar-refractivity contribution in [3.63, 3.8) is 0 Å². The van der Waals surface area contributed by atoms with Gasteiger partial charge in [0.1, 0.15) is 17.9 Å². The van der Waals surface area contributed by atoms with Gasteiger partial charge in [-0.1, -0.05) is 46.0 Å². The van der Waals surface area contributed by atoms with Crippen LogP contribution in [0.5, 0.6) is 5.75 Å². The Morgan fingerprint density at radius 2 is 1.92 bits per heavy atom. The zero-order chi connectivity index (χ0) is 25.7. The van der Waals surface area contributed by atoms with Crippen LogP contribution < -0.4 is 15.6 Å². The van der Waals surface area contributed by atoms with Crippen LogP contribution in [0.4, 0.5) is 5.82 Å². The number of hydrogen-bond acceptors (Lipinski definition) is 7. The van der Waals surface area contributed by atoms with Crippen LogP contribution in [0.25, 0.3) is 0 Å². The summed E-state index contributed by atoms with van der Waals surface area (Å²) in [4.78, 5) is 26.5. The lowest BCUT2D eigenvalue weighted by Gasteiger charge is -2.34. The summed E-state index contributed by atoms with van der Waals surface area (Å²) >= 11 is 0. The summed E-state index contributed by atoms with van der Waals surface area (Å²) in [5.74, 6) is 1.59. The number of aliphatic hydroxyl groups is 2. The van der Waals surface area contributed by atoms with Crippen LogP contribution in [0.3, 0.4) is 0 Å². The van der Waals surface area contributed by atoms with Crippen molar-refractivity contribution in [1.82, 2.24) is 19.6 Å². The molecule has 1 amide bonds. The molecule has 0 bridgehead atoms. The number of hydrogen-bond donors (Lipinski definition) is 3. The summed E-state index contributed by atoms with van der Waals surface area (Å²) in [7, 11) is 0.